The Kier molecular flexibility index (Phi) is 4.77. The molecule has 2 aromatic carbocycles. The van der Waals surface area contributed by atoms with Crippen LogP contribution in [0.15, 0.2) is 47.4 Å². The number of hydrogen-bond donors (Lipinski definition) is 0. The number of benzene rings is 2. The van der Waals surface area contributed by atoms with Crippen LogP contribution in [-0.4, -0.2) is 20.6 Å². The molecule has 0 N–H and O–H groups in total. The van der Waals surface area contributed by atoms with Gasteiger partial charge < -0.3 is 4.57 Å². The first kappa shape index (κ1) is 18.8. The number of carbonyl (C=O) groups is 2. The van der Waals surface area contributed by atoms with Gasteiger partial charge in [-0.3, -0.25) is 14.5 Å². The summed E-state index contributed by atoms with van der Waals surface area (Å²) in [5.74, 6) is -0.836. The van der Waals surface area contributed by atoms with Gasteiger partial charge in [-0.05, 0) is 48.5 Å². The van der Waals surface area contributed by atoms with Crippen molar-refractivity contribution in [3.8, 4) is 0 Å². The Morgan fingerprint density at radius 3 is 2.68 bits per heavy atom. The maximum absolute atomic E-state index is 13.2. The van der Waals surface area contributed by atoms with Crippen molar-refractivity contribution in [3.05, 3.63) is 75.0 Å². The van der Waals surface area contributed by atoms with E-state index in [0.717, 1.165) is 38.8 Å². The zero-order chi connectivity index (χ0) is 20.0. The van der Waals surface area contributed by atoms with Gasteiger partial charge in [0.25, 0.3) is 11.1 Å². The van der Waals surface area contributed by atoms with E-state index in [0.29, 0.717) is 10.5 Å². The zero-order valence-corrected chi connectivity index (χ0v) is 16.8. The molecule has 1 saturated heterocycles. The van der Waals surface area contributed by atoms with E-state index in [2.05, 4.69) is 4.57 Å². The molecule has 0 radical (unpaired) electrons. The lowest BCUT2D eigenvalue weighted by molar-refractivity contribution is -0.123. The Bertz CT molecular complexity index is 1170. The van der Waals surface area contributed by atoms with Crippen molar-refractivity contribution in [1.29, 1.82) is 0 Å². The topological polar surface area (TPSA) is 42.3 Å². The SMILES string of the molecule is Cc1c(C=C2SC(=O)N(Cc3ccc(F)cc3Cl)C2=O)c2ccccc2n1C. The second kappa shape index (κ2) is 7.11. The number of carbonyl (C=O) groups excluding carboxylic acids is 2. The van der Waals surface area contributed by atoms with E-state index >= 15 is 0 Å². The van der Waals surface area contributed by atoms with E-state index < -0.39 is 5.82 Å². The number of amides is 2. The fraction of sp³-hybridized carbons (Fsp3) is 0.143. The van der Waals surface area contributed by atoms with Crippen LogP contribution in [0.3, 0.4) is 0 Å². The summed E-state index contributed by atoms with van der Waals surface area (Å²) in [4.78, 5) is 26.8. The lowest BCUT2D eigenvalue weighted by atomic mass is 10.1. The molecule has 0 spiro atoms. The van der Waals surface area contributed by atoms with Gasteiger partial charge in [0, 0.05) is 34.2 Å². The number of aryl methyl sites for hydroxylation is 1. The van der Waals surface area contributed by atoms with Gasteiger partial charge in [0.2, 0.25) is 0 Å². The smallest absolute Gasteiger partial charge is 0.293 e. The minimum absolute atomic E-state index is 0.00956. The summed E-state index contributed by atoms with van der Waals surface area (Å²) < 4.78 is 15.3. The van der Waals surface area contributed by atoms with Gasteiger partial charge in [0.05, 0.1) is 11.4 Å². The third-order valence-electron chi connectivity index (χ3n) is 4.94. The molecule has 4 rings (SSSR count). The summed E-state index contributed by atoms with van der Waals surface area (Å²) in [5.41, 5.74) is 3.51. The molecule has 0 unspecified atom stereocenters. The summed E-state index contributed by atoms with van der Waals surface area (Å²) in [5, 5.41) is 0.846. The van der Waals surface area contributed by atoms with Gasteiger partial charge in [-0.2, -0.15) is 0 Å². The van der Waals surface area contributed by atoms with Crippen molar-refractivity contribution in [1.82, 2.24) is 9.47 Å². The second-order valence-corrected chi connectivity index (χ2v) is 7.98. The second-order valence-electron chi connectivity index (χ2n) is 6.58. The number of rotatable bonds is 3. The predicted octanol–water partition coefficient (Wildman–Crippen LogP) is 5.52. The quantitative estimate of drug-likeness (QED) is 0.530. The molecule has 2 heterocycles. The van der Waals surface area contributed by atoms with E-state index in [1.54, 1.807) is 6.08 Å². The first-order valence-corrected chi connectivity index (χ1v) is 9.79. The number of hydrogen-bond acceptors (Lipinski definition) is 3. The highest BCUT2D eigenvalue weighted by molar-refractivity contribution is 8.18. The van der Waals surface area contributed by atoms with Crippen molar-refractivity contribution in [3.63, 3.8) is 0 Å². The molecule has 1 aromatic heterocycles. The molecule has 1 aliphatic rings. The number of thioether (sulfide) groups is 1. The first-order chi connectivity index (χ1) is 13.4. The largest absolute Gasteiger partial charge is 0.347 e. The number of para-hydroxylation sites is 1. The summed E-state index contributed by atoms with van der Waals surface area (Å²) in [6, 6.07) is 11.8. The Morgan fingerprint density at radius 2 is 1.93 bits per heavy atom. The Hall–Kier alpha value is -2.57. The van der Waals surface area contributed by atoms with Crippen molar-refractivity contribution < 1.29 is 14.0 Å². The molecule has 0 atom stereocenters. The highest BCUT2D eigenvalue weighted by Crippen LogP contribution is 2.36. The molecular weight excluding hydrogens is 399 g/mol. The van der Waals surface area contributed by atoms with Gasteiger partial charge in [-0.25, -0.2) is 4.39 Å². The van der Waals surface area contributed by atoms with Crippen LogP contribution in [0.1, 0.15) is 16.8 Å². The summed E-state index contributed by atoms with van der Waals surface area (Å²) in [7, 11) is 1.97. The fourth-order valence-corrected chi connectivity index (χ4v) is 4.37. The molecule has 3 aromatic rings. The number of fused-ring (bicyclic) bond motifs is 1. The van der Waals surface area contributed by atoms with Crippen molar-refractivity contribution >= 4 is 51.5 Å². The number of nitrogens with zero attached hydrogens (tertiary/aromatic N) is 2. The number of imide groups is 1. The number of aromatic nitrogens is 1. The average Bonchev–Trinajstić information content (AvgIpc) is 3.07. The summed E-state index contributed by atoms with van der Waals surface area (Å²) in [6.45, 7) is 1.99. The standard InChI is InChI=1S/C21H16ClFN2O2S/c1-12-16(15-5-3-4-6-18(15)24(12)2)10-19-20(26)25(21(27)28-19)11-13-7-8-14(23)9-17(13)22/h3-10H,11H2,1-2H3. The number of halogens is 2. The minimum atomic E-state index is -0.464. The molecule has 4 nitrogen and oxygen atoms in total. The highest BCUT2D eigenvalue weighted by atomic mass is 35.5. The molecule has 1 aliphatic heterocycles. The van der Waals surface area contributed by atoms with E-state index in [9.17, 15) is 14.0 Å². The van der Waals surface area contributed by atoms with Crippen LogP contribution < -0.4 is 0 Å². The van der Waals surface area contributed by atoms with Gasteiger partial charge in [-0.15, -0.1) is 0 Å². The van der Waals surface area contributed by atoms with Crippen LogP contribution in [0.4, 0.5) is 9.18 Å². The van der Waals surface area contributed by atoms with Gasteiger partial charge in [-0.1, -0.05) is 35.9 Å². The monoisotopic (exact) mass is 414 g/mol. The molecule has 1 fully saturated rings. The lowest BCUT2D eigenvalue weighted by Crippen LogP contribution is -2.27. The molecule has 142 valence electrons. The van der Waals surface area contributed by atoms with Crippen molar-refractivity contribution in [2.24, 2.45) is 7.05 Å². The minimum Gasteiger partial charge on any atom is -0.347 e. The molecule has 28 heavy (non-hydrogen) atoms. The molecule has 0 saturated carbocycles. The van der Waals surface area contributed by atoms with Crippen molar-refractivity contribution in [2.45, 2.75) is 13.5 Å². The van der Waals surface area contributed by atoms with Gasteiger partial charge in [0.15, 0.2) is 0 Å². The van der Waals surface area contributed by atoms with E-state index in [-0.39, 0.29) is 22.7 Å². The first-order valence-electron chi connectivity index (χ1n) is 8.60. The van der Waals surface area contributed by atoms with E-state index in [1.165, 1.54) is 18.2 Å². The lowest BCUT2D eigenvalue weighted by Gasteiger charge is -2.13. The van der Waals surface area contributed by atoms with E-state index in [1.807, 2.05) is 38.2 Å². The maximum Gasteiger partial charge on any atom is 0.293 e. The molecule has 2 amide bonds. The van der Waals surface area contributed by atoms with Crippen LogP contribution >= 0.6 is 23.4 Å². The Labute approximate surface area is 170 Å². The zero-order valence-electron chi connectivity index (χ0n) is 15.2. The van der Waals surface area contributed by atoms with Gasteiger partial charge >= 0.3 is 0 Å². The highest BCUT2D eigenvalue weighted by Gasteiger charge is 2.35. The Morgan fingerprint density at radius 1 is 1.18 bits per heavy atom. The fourth-order valence-electron chi connectivity index (χ4n) is 3.32. The van der Waals surface area contributed by atoms with Gasteiger partial charge in [0.1, 0.15) is 5.82 Å². The predicted molar refractivity (Wildman–Crippen MR) is 111 cm³/mol. The maximum atomic E-state index is 13.2. The summed E-state index contributed by atoms with van der Waals surface area (Å²) in [6.07, 6.45) is 1.77. The van der Waals surface area contributed by atoms with Crippen LogP contribution in [0.2, 0.25) is 5.02 Å². The summed E-state index contributed by atoms with van der Waals surface area (Å²) >= 11 is 6.95. The molecular formula is C21H16ClFN2O2S. The average molecular weight is 415 g/mol. The van der Waals surface area contributed by atoms with Crippen LogP contribution in [0.5, 0.6) is 0 Å². The molecule has 0 aliphatic carbocycles. The molecule has 7 heteroatoms. The third kappa shape index (κ3) is 3.12. The van der Waals surface area contributed by atoms with Crippen molar-refractivity contribution in [2.75, 3.05) is 0 Å². The van der Waals surface area contributed by atoms with Crippen LogP contribution in [-0.2, 0) is 18.4 Å². The molecule has 0 bridgehead atoms. The Balaban J connectivity index is 1.69. The van der Waals surface area contributed by atoms with E-state index in [4.69, 9.17) is 11.6 Å². The van der Waals surface area contributed by atoms with Crippen LogP contribution in [0, 0.1) is 12.7 Å². The van der Waals surface area contributed by atoms with Crippen LogP contribution in [0.25, 0.3) is 17.0 Å². The third-order valence-corrected chi connectivity index (χ3v) is 6.20. The normalized spacial score (nSPS) is 16.0.